The number of hydrogen-bond donors (Lipinski definition) is 2. The lowest BCUT2D eigenvalue weighted by Crippen LogP contribution is -2.47. The minimum Gasteiger partial charge on any atom is -0.377 e. The highest BCUT2D eigenvalue weighted by Crippen LogP contribution is 2.33. The fraction of sp³-hybridized carbons (Fsp3) is 0.700. The van der Waals surface area contributed by atoms with Crippen molar-refractivity contribution in [3.8, 4) is 0 Å². The zero-order valence-electron chi connectivity index (χ0n) is 16.4. The van der Waals surface area contributed by atoms with Crippen molar-refractivity contribution in [1.29, 1.82) is 0 Å². The molecule has 1 aliphatic rings. The summed E-state index contributed by atoms with van der Waals surface area (Å²) in [7, 11) is 0. The number of hydrogen-bond acceptors (Lipinski definition) is 3. The van der Waals surface area contributed by atoms with Gasteiger partial charge in [0.15, 0.2) is 5.96 Å². The Morgan fingerprint density at radius 2 is 2.16 bits per heavy atom. The van der Waals surface area contributed by atoms with Gasteiger partial charge in [-0.25, -0.2) is 4.99 Å². The average molecular weight is 347 g/mol. The summed E-state index contributed by atoms with van der Waals surface area (Å²) >= 11 is 0. The van der Waals surface area contributed by atoms with E-state index in [0.29, 0.717) is 12.5 Å². The zero-order chi connectivity index (χ0) is 18.3. The van der Waals surface area contributed by atoms with Gasteiger partial charge >= 0.3 is 0 Å². The monoisotopic (exact) mass is 346 g/mol. The van der Waals surface area contributed by atoms with Gasteiger partial charge in [-0.15, -0.1) is 0 Å². The Labute approximate surface area is 152 Å². The van der Waals surface area contributed by atoms with Crippen molar-refractivity contribution in [2.75, 3.05) is 19.7 Å². The number of nitrogens with one attached hydrogen (secondary N) is 2. The van der Waals surface area contributed by atoms with Crippen molar-refractivity contribution in [1.82, 2.24) is 15.6 Å². The number of pyridine rings is 1. The molecule has 25 heavy (non-hydrogen) atoms. The average Bonchev–Trinajstić information content (AvgIpc) is 2.58. The molecule has 0 bridgehead atoms. The molecule has 0 amide bonds. The summed E-state index contributed by atoms with van der Waals surface area (Å²) in [6, 6.07) is 4.03. The molecule has 0 saturated carbocycles. The lowest BCUT2D eigenvalue weighted by Gasteiger charge is -2.40. The van der Waals surface area contributed by atoms with E-state index in [0.717, 1.165) is 37.8 Å². The molecule has 2 unspecified atom stereocenters. The summed E-state index contributed by atoms with van der Waals surface area (Å²) < 4.78 is 6.08. The first-order valence-corrected chi connectivity index (χ1v) is 9.46. The van der Waals surface area contributed by atoms with Gasteiger partial charge in [0.1, 0.15) is 0 Å². The molecule has 0 aromatic carbocycles. The summed E-state index contributed by atoms with van der Waals surface area (Å²) in [6.45, 7) is 14.1. The van der Waals surface area contributed by atoms with Crippen LogP contribution in [0.5, 0.6) is 0 Å². The van der Waals surface area contributed by atoms with Gasteiger partial charge in [0.05, 0.1) is 18.3 Å². The van der Waals surface area contributed by atoms with E-state index in [1.54, 1.807) is 0 Å². The second-order valence-electron chi connectivity index (χ2n) is 7.90. The van der Waals surface area contributed by atoms with Crippen LogP contribution >= 0.6 is 0 Å². The molecule has 2 atom stereocenters. The summed E-state index contributed by atoms with van der Waals surface area (Å²) in [5.41, 5.74) is 2.36. The molecular weight excluding hydrogens is 312 g/mol. The van der Waals surface area contributed by atoms with Crippen LogP contribution in [0, 0.1) is 18.3 Å². The lowest BCUT2D eigenvalue weighted by atomic mass is 9.78. The number of rotatable bonds is 5. The quantitative estimate of drug-likeness (QED) is 0.634. The Morgan fingerprint density at radius 3 is 2.84 bits per heavy atom. The van der Waals surface area contributed by atoms with Crippen LogP contribution in [0.1, 0.15) is 51.8 Å². The van der Waals surface area contributed by atoms with Crippen molar-refractivity contribution in [2.45, 2.75) is 60.1 Å². The topological polar surface area (TPSA) is 58.5 Å². The maximum absolute atomic E-state index is 6.08. The Hall–Kier alpha value is -1.62. The predicted molar refractivity (Wildman–Crippen MR) is 104 cm³/mol. The third kappa shape index (κ3) is 5.99. The minimum absolute atomic E-state index is 0.160. The maximum Gasteiger partial charge on any atom is 0.191 e. The second kappa shape index (κ2) is 9.18. The molecule has 2 N–H and O–H groups in total. The maximum atomic E-state index is 6.08. The number of ether oxygens (including phenoxy) is 1. The molecule has 2 heterocycles. The number of aryl methyl sites for hydroxylation is 1. The number of nitrogens with zero attached hydrogens (tertiary/aromatic N) is 2. The SMILES string of the molecule is CCNC(=NCc1ncccc1C)NCC1CCCOC1C(C)(C)C. The first-order chi connectivity index (χ1) is 11.9. The number of guanidine groups is 1. The summed E-state index contributed by atoms with van der Waals surface area (Å²) in [5.74, 6) is 1.36. The highest BCUT2D eigenvalue weighted by Gasteiger charge is 2.35. The lowest BCUT2D eigenvalue weighted by molar-refractivity contribution is -0.0835. The van der Waals surface area contributed by atoms with Gasteiger partial charge in [-0.1, -0.05) is 26.8 Å². The van der Waals surface area contributed by atoms with E-state index >= 15 is 0 Å². The van der Waals surface area contributed by atoms with Crippen LogP contribution in [0.25, 0.3) is 0 Å². The van der Waals surface area contributed by atoms with Crippen LogP contribution in [0.15, 0.2) is 23.3 Å². The molecule has 5 heteroatoms. The van der Waals surface area contributed by atoms with Crippen LogP contribution < -0.4 is 10.6 Å². The fourth-order valence-corrected chi connectivity index (χ4v) is 3.42. The van der Waals surface area contributed by atoms with E-state index in [1.165, 1.54) is 12.0 Å². The van der Waals surface area contributed by atoms with Crippen molar-refractivity contribution >= 4 is 5.96 Å². The predicted octanol–water partition coefficient (Wildman–Crippen LogP) is 3.29. The normalized spacial score (nSPS) is 21.9. The molecule has 1 aromatic rings. The van der Waals surface area contributed by atoms with Crippen molar-refractivity contribution in [2.24, 2.45) is 16.3 Å². The van der Waals surface area contributed by atoms with Crippen molar-refractivity contribution < 1.29 is 4.74 Å². The number of aliphatic imine (C=N–C) groups is 1. The Bertz CT molecular complexity index is 565. The van der Waals surface area contributed by atoms with Gasteiger partial charge in [-0.05, 0) is 43.7 Å². The smallest absolute Gasteiger partial charge is 0.191 e. The van der Waals surface area contributed by atoms with Crippen molar-refractivity contribution in [3.63, 3.8) is 0 Å². The Morgan fingerprint density at radius 1 is 1.36 bits per heavy atom. The molecule has 1 aliphatic heterocycles. The van der Waals surface area contributed by atoms with E-state index in [4.69, 9.17) is 9.73 Å². The molecule has 0 aliphatic carbocycles. The van der Waals surface area contributed by atoms with E-state index in [-0.39, 0.29) is 11.5 Å². The largest absolute Gasteiger partial charge is 0.377 e. The molecule has 1 aromatic heterocycles. The third-order valence-corrected chi connectivity index (χ3v) is 4.68. The van der Waals surface area contributed by atoms with Gasteiger partial charge in [0.2, 0.25) is 0 Å². The first kappa shape index (κ1) is 19.7. The first-order valence-electron chi connectivity index (χ1n) is 9.46. The molecule has 1 fully saturated rings. The van der Waals surface area contributed by atoms with Crippen molar-refractivity contribution in [3.05, 3.63) is 29.6 Å². The molecule has 2 rings (SSSR count). The fourth-order valence-electron chi connectivity index (χ4n) is 3.42. The highest BCUT2D eigenvalue weighted by molar-refractivity contribution is 5.79. The van der Waals surface area contributed by atoms with Crippen LogP contribution in [0.2, 0.25) is 0 Å². The van der Waals surface area contributed by atoms with Crippen LogP contribution in [0.4, 0.5) is 0 Å². The van der Waals surface area contributed by atoms with Gasteiger partial charge in [-0.2, -0.15) is 0 Å². The zero-order valence-corrected chi connectivity index (χ0v) is 16.4. The van der Waals surface area contributed by atoms with E-state index < -0.39 is 0 Å². The van der Waals surface area contributed by atoms with Crippen LogP contribution in [0.3, 0.4) is 0 Å². The summed E-state index contributed by atoms with van der Waals surface area (Å²) in [4.78, 5) is 9.13. The van der Waals surface area contributed by atoms with Gasteiger partial charge in [-0.3, -0.25) is 4.98 Å². The molecule has 0 radical (unpaired) electrons. The van der Waals surface area contributed by atoms with Crippen LogP contribution in [-0.2, 0) is 11.3 Å². The third-order valence-electron chi connectivity index (χ3n) is 4.68. The summed E-state index contributed by atoms with van der Waals surface area (Å²) in [5, 5.41) is 6.85. The van der Waals surface area contributed by atoms with Gasteiger partial charge < -0.3 is 15.4 Å². The Balaban J connectivity index is 1.98. The molecular formula is C20H34N4O. The molecule has 0 spiro atoms. The molecule has 1 saturated heterocycles. The summed E-state index contributed by atoms with van der Waals surface area (Å²) in [6.07, 6.45) is 4.45. The highest BCUT2D eigenvalue weighted by atomic mass is 16.5. The Kier molecular flexibility index (Phi) is 7.24. The minimum atomic E-state index is 0.160. The van der Waals surface area contributed by atoms with E-state index in [9.17, 15) is 0 Å². The molecule has 140 valence electrons. The van der Waals surface area contributed by atoms with Gasteiger partial charge in [0.25, 0.3) is 0 Å². The molecule has 5 nitrogen and oxygen atoms in total. The second-order valence-corrected chi connectivity index (χ2v) is 7.90. The standard InChI is InChI=1S/C20H34N4O/c1-6-21-19(24-14-17-15(2)9-7-11-22-17)23-13-16-10-8-12-25-18(16)20(3,4)5/h7,9,11,16,18H,6,8,10,12-14H2,1-5H3,(H2,21,23,24). The van der Waals surface area contributed by atoms with E-state index in [1.807, 2.05) is 12.3 Å². The van der Waals surface area contributed by atoms with Gasteiger partial charge in [0, 0.05) is 31.8 Å². The number of aromatic nitrogens is 1. The van der Waals surface area contributed by atoms with E-state index in [2.05, 4.69) is 56.3 Å². The van der Waals surface area contributed by atoms with Crippen LogP contribution in [-0.4, -0.2) is 36.7 Å².